The zero-order chi connectivity index (χ0) is 17.3. The molecule has 1 aromatic heterocycles. The zero-order valence-corrected chi connectivity index (χ0v) is 14.4. The van der Waals surface area contributed by atoms with Crippen molar-refractivity contribution in [1.82, 2.24) is 14.7 Å². The molecule has 6 heteroatoms. The third-order valence-corrected chi connectivity index (χ3v) is 5.60. The molecule has 1 saturated heterocycles. The van der Waals surface area contributed by atoms with Crippen LogP contribution in [-0.2, 0) is 11.3 Å². The predicted octanol–water partition coefficient (Wildman–Crippen LogP) is 1.91. The summed E-state index contributed by atoms with van der Waals surface area (Å²) in [4.78, 5) is 27.2. The molecular weight excluding hydrogens is 304 g/mol. The van der Waals surface area contributed by atoms with Crippen molar-refractivity contribution in [1.29, 1.82) is 5.26 Å². The maximum absolute atomic E-state index is 12.8. The van der Waals surface area contributed by atoms with Crippen LogP contribution in [0.3, 0.4) is 0 Å². The van der Waals surface area contributed by atoms with E-state index in [-0.39, 0.29) is 18.0 Å². The first-order valence-electron chi connectivity index (χ1n) is 8.80. The predicted molar refractivity (Wildman–Crippen MR) is 89.4 cm³/mol. The molecule has 1 aromatic rings. The van der Waals surface area contributed by atoms with Gasteiger partial charge < -0.3 is 4.90 Å². The lowest BCUT2D eigenvalue weighted by Crippen LogP contribution is -2.51. The van der Waals surface area contributed by atoms with Gasteiger partial charge in [-0.2, -0.15) is 10.4 Å². The largest absolute Gasteiger partial charge is 0.338 e. The molecule has 128 valence electrons. The van der Waals surface area contributed by atoms with Crippen molar-refractivity contribution in [3.8, 4) is 6.07 Å². The van der Waals surface area contributed by atoms with Crippen LogP contribution in [-0.4, -0.2) is 33.2 Å². The molecule has 1 amide bonds. The van der Waals surface area contributed by atoms with Crippen molar-refractivity contribution in [2.24, 2.45) is 5.92 Å². The zero-order valence-electron chi connectivity index (χ0n) is 14.4. The molecule has 0 aromatic carbocycles. The van der Waals surface area contributed by atoms with E-state index < -0.39 is 5.56 Å². The number of likely N-dealkylation sites (tertiary alicyclic amines) is 1. The minimum absolute atomic E-state index is 0.0478. The van der Waals surface area contributed by atoms with E-state index >= 15 is 0 Å². The minimum Gasteiger partial charge on any atom is -0.338 e. The molecule has 1 aliphatic heterocycles. The average molecular weight is 328 g/mol. The number of hydrogen-bond donors (Lipinski definition) is 0. The van der Waals surface area contributed by atoms with Crippen LogP contribution in [0.4, 0.5) is 0 Å². The van der Waals surface area contributed by atoms with E-state index in [1.54, 1.807) is 13.8 Å². The second-order valence-electron chi connectivity index (χ2n) is 7.00. The molecular formula is C18H24N4O2. The van der Waals surface area contributed by atoms with Gasteiger partial charge in [-0.15, -0.1) is 0 Å². The van der Waals surface area contributed by atoms with Crippen molar-refractivity contribution in [2.45, 2.75) is 65.0 Å². The summed E-state index contributed by atoms with van der Waals surface area (Å²) in [6.45, 7) is 4.17. The molecule has 0 spiro atoms. The summed E-state index contributed by atoms with van der Waals surface area (Å²) >= 11 is 0. The van der Waals surface area contributed by atoms with E-state index in [1.807, 2.05) is 11.0 Å². The van der Waals surface area contributed by atoms with Crippen LogP contribution in [0.2, 0.25) is 0 Å². The van der Waals surface area contributed by atoms with Gasteiger partial charge in [0, 0.05) is 12.6 Å². The normalized spacial score (nSPS) is 23.5. The fraction of sp³-hybridized carbons (Fsp3) is 0.667. The lowest BCUT2D eigenvalue weighted by Gasteiger charge is -2.44. The topological polar surface area (TPSA) is 79.0 Å². The Balaban J connectivity index is 1.84. The summed E-state index contributed by atoms with van der Waals surface area (Å²) < 4.78 is 1.16. The van der Waals surface area contributed by atoms with Crippen molar-refractivity contribution in [2.75, 3.05) is 6.54 Å². The Labute approximate surface area is 142 Å². The number of rotatable bonds is 2. The van der Waals surface area contributed by atoms with Crippen LogP contribution in [0.5, 0.6) is 0 Å². The van der Waals surface area contributed by atoms with Gasteiger partial charge in [-0.3, -0.25) is 9.59 Å². The van der Waals surface area contributed by atoms with Crippen LogP contribution in [0.15, 0.2) is 4.79 Å². The van der Waals surface area contributed by atoms with Gasteiger partial charge in [0.1, 0.15) is 18.2 Å². The Morgan fingerprint density at radius 1 is 1.25 bits per heavy atom. The number of aryl methyl sites for hydroxylation is 1. The number of piperidine rings is 1. The summed E-state index contributed by atoms with van der Waals surface area (Å²) in [5.41, 5.74) is 0.834. The quantitative estimate of drug-likeness (QED) is 0.831. The molecule has 1 saturated carbocycles. The minimum atomic E-state index is -0.467. The molecule has 2 atom stereocenters. The van der Waals surface area contributed by atoms with Crippen molar-refractivity contribution in [3.63, 3.8) is 0 Å². The summed E-state index contributed by atoms with van der Waals surface area (Å²) in [6.07, 6.45) is 6.93. The molecule has 6 nitrogen and oxygen atoms in total. The SMILES string of the molecule is Cc1nn(CC(=O)N2CCC[C@@H]3CCCC[C@@H]32)c(=O)c(C#N)c1C. The molecule has 0 radical (unpaired) electrons. The van der Waals surface area contributed by atoms with Crippen molar-refractivity contribution < 1.29 is 4.79 Å². The first kappa shape index (κ1) is 16.7. The van der Waals surface area contributed by atoms with Crippen molar-refractivity contribution in [3.05, 3.63) is 27.2 Å². The Hall–Kier alpha value is -2.16. The number of nitriles is 1. The van der Waals surface area contributed by atoms with Crippen LogP contribution in [0.1, 0.15) is 55.3 Å². The van der Waals surface area contributed by atoms with Gasteiger partial charge in [0.2, 0.25) is 5.91 Å². The molecule has 2 aliphatic rings. The summed E-state index contributed by atoms with van der Waals surface area (Å²) in [5.74, 6) is 0.559. The maximum atomic E-state index is 12.8. The first-order valence-corrected chi connectivity index (χ1v) is 8.80. The smallest absolute Gasteiger partial charge is 0.285 e. The number of nitrogens with zero attached hydrogens (tertiary/aromatic N) is 4. The lowest BCUT2D eigenvalue weighted by atomic mass is 9.78. The van der Waals surface area contributed by atoms with E-state index in [4.69, 9.17) is 0 Å². The van der Waals surface area contributed by atoms with Gasteiger partial charge in [-0.1, -0.05) is 12.8 Å². The van der Waals surface area contributed by atoms with Gasteiger partial charge >= 0.3 is 0 Å². The monoisotopic (exact) mass is 328 g/mol. The summed E-state index contributed by atoms with van der Waals surface area (Å²) in [6, 6.07) is 2.26. The second-order valence-corrected chi connectivity index (χ2v) is 7.00. The third kappa shape index (κ3) is 2.95. The maximum Gasteiger partial charge on any atom is 0.285 e. The molecule has 24 heavy (non-hydrogen) atoms. The number of amides is 1. The Morgan fingerprint density at radius 3 is 2.71 bits per heavy atom. The summed E-state index contributed by atoms with van der Waals surface area (Å²) in [5, 5.41) is 13.4. The van der Waals surface area contributed by atoms with Crippen LogP contribution in [0.25, 0.3) is 0 Å². The first-order chi connectivity index (χ1) is 11.5. The number of hydrogen-bond acceptors (Lipinski definition) is 4. The highest BCUT2D eigenvalue weighted by atomic mass is 16.2. The number of fused-ring (bicyclic) bond motifs is 1. The van der Waals surface area contributed by atoms with E-state index in [0.717, 1.165) is 24.1 Å². The highest BCUT2D eigenvalue weighted by Gasteiger charge is 2.35. The molecule has 2 fully saturated rings. The number of aromatic nitrogens is 2. The molecule has 3 rings (SSSR count). The van der Waals surface area contributed by atoms with Crippen LogP contribution < -0.4 is 5.56 Å². The fourth-order valence-corrected chi connectivity index (χ4v) is 4.16. The van der Waals surface area contributed by atoms with E-state index in [2.05, 4.69) is 5.10 Å². The standard InChI is InChI=1S/C18H24N4O2/c1-12-13(2)20-22(18(24)15(12)10-19)11-17(23)21-9-5-7-14-6-3-4-8-16(14)21/h14,16H,3-9,11H2,1-2H3/t14-,16-/m0/s1. The summed E-state index contributed by atoms with van der Waals surface area (Å²) in [7, 11) is 0. The van der Waals surface area contributed by atoms with Crippen LogP contribution in [0, 0.1) is 31.1 Å². The molecule has 0 unspecified atom stereocenters. The average Bonchev–Trinajstić information content (AvgIpc) is 2.59. The van der Waals surface area contributed by atoms with Crippen LogP contribution >= 0.6 is 0 Å². The van der Waals surface area contributed by atoms with Gasteiger partial charge in [-0.25, -0.2) is 4.68 Å². The number of carbonyl (C=O) groups excluding carboxylic acids is 1. The van der Waals surface area contributed by atoms with E-state index in [1.165, 1.54) is 25.7 Å². The van der Waals surface area contributed by atoms with Gasteiger partial charge in [0.25, 0.3) is 5.56 Å². The highest BCUT2D eigenvalue weighted by Crippen LogP contribution is 2.35. The van der Waals surface area contributed by atoms with Gasteiger partial charge in [0.15, 0.2) is 0 Å². The molecule has 2 heterocycles. The Kier molecular flexibility index (Phi) is 4.70. The second kappa shape index (κ2) is 6.76. The highest BCUT2D eigenvalue weighted by molar-refractivity contribution is 5.76. The fourth-order valence-electron chi connectivity index (χ4n) is 4.16. The molecule has 0 bridgehead atoms. The Morgan fingerprint density at radius 2 is 1.96 bits per heavy atom. The molecule has 1 aliphatic carbocycles. The van der Waals surface area contributed by atoms with Crippen molar-refractivity contribution >= 4 is 5.91 Å². The molecule has 0 N–H and O–H groups in total. The van der Waals surface area contributed by atoms with E-state index in [9.17, 15) is 14.9 Å². The van der Waals surface area contributed by atoms with Gasteiger partial charge in [-0.05, 0) is 51.0 Å². The lowest BCUT2D eigenvalue weighted by molar-refractivity contribution is -0.138. The Bertz CT molecular complexity index is 745. The third-order valence-electron chi connectivity index (χ3n) is 5.60. The van der Waals surface area contributed by atoms with Gasteiger partial charge in [0.05, 0.1) is 5.69 Å². The number of carbonyl (C=O) groups is 1. The van der Waals surface area contributed by atoms with E-state index in [0.29, 0.717) is 23.2 Å².